The number of hydrogen-bond donors (Lipinski definition) is 2. The fraction of sp³-hybridized carbons (Fsp3) is 0.267. The van der Waals surface area contributed by atoms with Crippen molar-refractivity contribution in [2.45, 2.75) is 25.7 Å². The fourth-order valence-corrected chi connectivity index (χ4v) is 4.15. The summed E-state index contributed by atoms with van der Waals surface area (Å²) in [5.74, 6) is 7.13. The van der Waals surface area contributed by atoms with Crippen molar-refractivity contribution >= 4 is 27.4 Å². The van der Waals surface area contributed by atoms with E-state index in [1.807, 2.05) is 12.1 Å². The molecule has 0 fully saturated rings. The van der Waals surface area contributed by atoms with Crippen LogP contribution in [0.3, 0.4) is 0 Å². The lowest BCUT2D eigenvalue weighted by molar-refractivity contribution is 0.700. The van der Waals surface area contributed by atoms with E-state index in [0.717, 1.165) is 34.4 Å². The molecular weight excluding hydrogens is 282 g/mol. The summed E-state index contributed by atoms with van der Waals surface area (Å²) >= 11 is 1.78. The van der Waals surface area contributed by atoms with Crippen LogP contribution in [0.1, 0.15) is 23.3 Å². The highest BCUT2D eigenvalue weighted by molar-refractivity contribution is 7.19. The number of nitrogens with zero attached hydrogens (tertiary/aromatic N) is 3. The summed E-state index contributed by atoms with van der Waals surface area (Å²) in [4.78, 5) is 15.8. The Morgan fingerprint density at radius 1 is 1.10 bits per heavy atom. The predicted octanol–water partition coefficient (Wildman–Crippen LogP) is 2.92. The minimum atomic E-state index is 0.691. The molecule has 0 spiro atoms. The molecular formula is C15H15N5S. The second-order valence-corrected chi connectivity index (χ2v) is 6.25. The smallest absolute Gasteiger partial charge is 0.163 e. The highest BCUT2D eigenvalue weighted by Gasteiger charge is 2.21. The molecule has 1 aliphatic carbocycles. The Balaban J connectivity index is 1.96. The van der Waals surface area contributed by atoms with Crippen molar-refractivity contribution in [3.63, 3.8) is 0 Å². The predicted molar refractivity (Wildman–Crippen MR) is 85.1 cm³/mol. The molecule has 0 aliphatic heterocycles. The Morgan fingerprint density at radius 2 is 1.90 bits per heavy atom. The molecule has 106 valence electrons. The van der Waals surface area contributed by atoms with Crippen LogP contribution >= 0.6 is 11.3 Å². The van der Waals surface area contributed by atoms with Crippen molar-refractivity contribution < 1.29 is 0 Å². The normalized spacial score (nSPS) is 14.1. The highest BCUT2D eigenvalue weighted by Crippen LogP contribution is 2.39. The molecule has 0 unspecified atom stereocenters. The van der Waals surface area contributed by atoms with Crippen LogP contribution in [0, 0.1) is 0 Å². The highest BCUT2D eigenvalue weighted by atomic mass is 32.1. The molecule has 3 heterocycles. The van der Waals surface area contributed by atoms with Gasteiger partial charge in [0.1, 0.15) is 4.83 Å². The first-order valence-corrected chi connectivity index (χ1v) is 7.88. The summed E-state index contributed by atoms with van der Waals surface area (Å²) < 4.78 is 0. The number of aryl methyl sites for hydroxylation is 2. The number of aromatic nitrogens is 3. The van der Waals surface area contributed by atoms with E-state index >= 15 is 0 Å². The Morgan fingerprint density at radius 3 is 2.71 bits per heavy atom. The summed E-state index contributed by atoms with van der Waals surface area (Å²) in [7, 11) is 0. The van der Waals surface area contributed by atoms with Crippen molar-refractivity contribution in [1.29, 1.82) is 0 Å². The largest absolute Gasteiger partial charge is 0.308 e. The summed E-state index contributed by atoms with van der Waals surface area (Å²) in [6.07, 6.45) is 8.23. The number of nitrogens with one attached hydrogen (secondary N) is 1. The van der Waals surface area contributed by atoms with E-state index in [-0.39, 0.29) is 0 Å². The fourth-order valence-electron chi connectivity index (χ4n) is 2.89. The topological polar surface area (TPSA) is 76.7 Å². The molecule has 4 rings (SSSR count). The van der Waals surface area contributed by atoms with Gasteiger partial charge in [0.25, 0.3) is 0 Å². The number of pyridine rings is 1. The molecule has 0 saturated heterocycles. The van der Waals surface area contributed by atoms with Gasteiger partial charge >= 0.3 is 0 Å². The maximum absolute atomic E-state index is 5.71. The minimum absolute atomic E-state index is 0.691. The molecule has 0 radical (unpaired) electrons. The number of nitrogens with two attached hydrogens (primary N) is 1. The van der Waals surface area contributed by atoms with Crippen molar-refractivity contribution in [3.8, 4) is 11.4 Å². The first-order chi connectivity index (χ1) is 10.4. The molecule has 6 heteroatoms. The number of thiophene rings is 1. The molecule has 3 N–H and O–H groups in total. The number of hydrazine groups is 1. The van der Waals surface area contributed by atoms with Gasteiger partial charge in [-0.05, 0) is 43.4 Å². The van der Waals surface area contributed by atoms with Crippen molar-refractivity contribution in [2.75, 3.05) is 5.43 Å². The third kappa shape index (κ3) is 2.07. The Labute approximate surface area is 126 Å². The average Bonchev–Trinajstić information content (AvgIpc) is 2.93. The van der Waals surface area contributed by atoms with Crippen molar-refractivity contribution in [2.24, 2.45) is 5.84 Å². The van der Waals surface area contributed by atoms with Gasteiger partial charge in [-0.2, -0.15) is 0 Å². The zero-order valence-corrected chi connectivity index (χ0v) is 12.3. The molecule has 1 aliphatic rings. The summed E-state index contributed by atoms with van der Waals surface area (Å²) in [5.41, 5.74) is 5.09. The Bertz CT molecular complexity index is 797. The van der Waals surface area contributed by atoms with Gasteiger partial charge in [0.15, 0.2) is 11.6 Å². The van der Waals surface area contributed by atoms with Crippen molar-refractivity contribution in [3.05, 3.63) is 35.0 Å². The van der Waals surface area contributed by atoms with Crippen LogP contribution in [-0.4, -0.2) is 15.0 Å². The van der Waals surface area contributed by atoms with Crippen molar-refractivity contribution in [1.82, 2.24) is 15.0 Å². The van der Waals surface area contributed by atoms with Crippen LogP contribution in [0.25, 0.3) is 21.6 Å². The molecule has 3 aromatic rings. The van der Waals surface area contributed by atoms with Gasteiger partial charge in [-0.25, -0.2) is 15.8 Å². The van der Waals surface area contributed by atoms with E-state index in [4.69, 9.17) is 10.8 Å². The first kappa shape index (κ1) is 12.7. The van der Waals surface area contributed by atoms with E-state index in [1.165, 1.54) is 23.3 Å². The first-order valence-electron chi connectivity index (χ1n) is 7.06. The van der Waals surface area contributed by atoms with E-state index in [1.54, 1.807) is 23.7 Å². The summed E-state index contributed by atoms with van der Waals surface area (Å²) in [6.45, 7) is 0. The SMILES string of the molecule is NNc1nc(-c2ccncc2)nc2sc3c(c12)CCCC3. The molecule has 3 aromatic heterocycles. The number of hydrogen-bond acceptors (Lipinski definition) is 6. The van der Waals surface area contributed by atoms with Crippen LogP contribution in [0.15, 0.2) is 24.5 Å². The van der Waals surface area contributed by atoms with Gasteiger partial charge in [-0.3, -0.25) is 4.98 Å². The molecule has 5 nitrogen and oxygen atoms in total. The zero-order chi connectivity index (χ0) is 14.2. The van der Waals surface area contributed by atoms with Gasteiger partial charge in [0.2, 0.25) is 0 Å². The molecule has 0 amide bonds. The number of anilines is 1. The van der Waals surface area contributed by atoms with Crippen LogP contribution in [0.2, 0.25) is 0 Å². The third-order valence-corrected chi connectivity index (χ3v) is 5.08. The molecule has 0 atom stereocenters. The van der Waals surface area contributed by atoms with Crippen LogP contribution < -0.4 is 11.3 Å². The number of fused-ring (bicyclic) bond motifs is 3. The third-order valence-electron chi connectivity index (χ3n) is 3.89. The van der Waals surface area contributed by atoms with Crippen LogP contribution in [-0.2, 0) is 12.8 Å². The molecule has 21 heavy (non-hydrogen) atoms. The van der Waals surface area contributed by atoms with E-state index < -0.39 is 0 Å². The van der Waals surface area contributed by atoms with Gasteiger partial charge < -0.3 is 5.43 Å². The van der Waals surface area contributed by atoms with Gasteiger partial charge in [-0.15, -0.1) is 11.3 Å². The number of rotatable bonds is 2. The minimum Gasteiger partial charge on any atom is -0.308 e. The van der Waals surface area contributed by atoms with Gasteiger partial charge in [0.05, 0.1) is 5.39 Å². The number of nitrogen functional groups attached to an aromatic ring is 1. The Kier molecular flexibility index (Phi) is 3.05. The monoisotopic (exact) mass is 297 g/mol. The second-order valence-electron chi connectivity index (χ2n) is 5.17. The van der Waals surface area contributed by atoms with Crippen LogP contribution in [0.5, 0.6) is 0 Å². The maximum atomic E-state index is 5.71. The van der Waals surface area contributed by atoms with Crippen LogP contribution in [0.4, 0.5) is 5.82 Å². The second kappa shape index (κ2) is 5.05. The van der Waals surface area contributed by atoms with E-state index in [0.29, 0.717) is 5.82 Å². The molecule has 0 aromatic carbocycles. The maximum Gasteiger partial charge on any atom is 0.163 e. The zero-order valence-electron chi connectivity index (χ0n) is 11.5. The summed E-state index contributed by atoms with van der Waals surface area (Å²) in [5, 5.41) is 1.11. The quantitative estimate of drug-likeness (QED) is 0.562. The Hall–Kier alpha value is -2.05. The average molecular weight is 297 g/mol. The lowest BCUT2D eigenvalue weighted by Crippen LogP contribution is -2.11. The van der Waals surface area contributed by atoms with E-state index in [9.17, 15) is 0 Å². The van der Waals surface area contributed by atoms with Gasteiger partial charge in [-0.1, -0.05) is 0 Å². The molecule has 0 saturated carbocycles. The van der Waals surface area contributed by atoms with Gasteiger partial charge in [0, 0.05) is 22.8 Å². The lowest BCUT2D eigenvalue weighted by atomic mass is 9.97. The summed E-state index contributed by atoms with van der Waals surface area (Å²) in [6, 6.07) is 3.82. The lowest BCUT2D eigenvalue weighted by Gasteiger charge is -2.11. The molecule has 0 bridgehead atoms. The standard InChI is InChI=1S/C15H15N5S/c16-20-14-12-10-3-1-2-4-11(10)21-15(12)19-13(18-14)9-5-7-17-8-6-9/h5-8H,1-4,16H2,(H,18,19,20). The van der Waals surface area contributed by atoms with E-state index in [2.05, 4.69) is 15.4 Å².